The van der Waals surface area contributed by atoms with E-state index < -0.39 is 7.60 Å². The number of nitrogens with one attached hydrogen (secondary N) is 1. The van der Waals surface area contributed by atoms with Gasteiger partial charge in [0.2, 0.25) is 0 Å². The van der Waals surface area contributed by atoms with Gasteiger partial charge in [-0.05, 0) is 60.1 Å². The number of anilines is 1. The van der Waals surface area contributed by atoms with Crippen LogP contribution in [0.4, 0.5) is 5.13 Å². The average molecular weight is 513 g/mol. The van der Waals surface area contributed by atoms with Crippen LogP contribution in [-0.4, -0.2) is 26.8 Å². The number of aromatic nitrogens is 1. The molecule has 2 aromatic carbocycles. The summed E-state index contributed by atoms with van der Waals surface area (Å²) in [5.41, 5.74) is 0.307. The molecule has 0 spiro atoms. The van der Waals surface area contributed by atoms with Crippen molar-refractivity contribution in [2.75, 3.05) is 5.32 Å². The highest BCUT2D eigenvalue weighted by Gasteiger charge is 2.19. The fraction of sp³-hybridized carbons (Fsp3) is 0.158. The van der Waals surface area contributed by atoms with Crippen LogP contribution in [0.5, 0.6) is 17.2 Å². The number of amides is 1. The Bertz CT molecular complexity index is 1100. The predicted molar refractivity (Wildman–Crippen MR) is 118 cm³/mol. The second-order valence-corrected chi connectivity index (χ2v) is 9.77. The first kappa shape index (κ1) is 22.5. The maximum Gasteiger partial charge on any atom is 0.356 e. The molecule has 3 aromatic rings. The highest BCUT2D eigenvalue weighted by molar-refractivity contribution is 9.10. The number of nitrogens with zero attached hydrogens (tertiary/aromatic N) is 1. The van der Waals surface area contributed by atoms with Crippen LogP contribution < -0.4 is 20.1 Å². The number of thiazole rings is 1. The summed E-state index contributed by atoms with van der Waals surface area (Å²) in [6.07, 6.45) is 1.47. The summed E-state index contributed by atoms with van der Waals surface area (Å²) in [7, 11) is -4.38. The van der Waals surface area contributed by atoms with E-state index in [0.717, 1.165) is 0 Å². The average Bonchev–Trinajstić information content (AvgIpc) is 3.14. The molecular weight excluding hydrogens is 495 g/mol. The minimum Gasteiger partial charge on any atom is -0.491 e. The second-order valence-electron chi connectivity index (χ2n) is 6.41. The molecule has 0 radical (unpaired) electrons. The molecule has 30 heavy (non-hydrogen) atoms. The topological polar surface area (TPSA) is 118 Å². The van der Waals surface area contributed by atoms with E-state index in [-0.39, 0.29) is 17.3 Å². The van der Waals surface area contributed by atoms with Gasteiger partial charge in [0.05, 0.1) is 15.9 Å². The zero-order valence-corrected chi connectivity index (χ0v) is 19.2. The van der Waals surface area contributed by atoms with Crippen molar-refractivity contribution in [3.05, 3.63) is 58.0 Å². The first-order valence-electron chi connectivity index (χ1n) is 8.68. The lowest BCUT2D eigenvalue weighted by molar-refractivity contribution is 0.102. The van der Waals surface area contributed by atoms with E-state index in [1.165, 1.54) is 29.5 Å². The highest BCUT2D eigenvalue weighted by atomic mass is 79.9. The van der Waals surface area contributed by atoms with Crippen molar-refractivity contribution in [1.29, 1.82) is 0 Å². The Hall–Kier alpha value is -2.23. The third kappa shape index (κ3) is 5.90. The zero-order valence-electron chi connectivity index (χ0n) is 15.9. The van der Waals surface area contributed by atoms with Gasteiger partial charge < -0.3 is 19.3 Å². The number of rotatable bonds is 7. The molecule has 1 amide bonds. The lowest BCUT2D eigenvalue weighted by atomic mass is 10.2. The SMILES string of the molecule is CC(C)Oc1cc(Oc2ccc(P(=O)(O)O)cc2Br)cc(C(=O)Nc2nccs2)c1. The van der Waals surface area contributed by atoms with Gasteiger partial charge in [-0.25, -0.2) is 4.98 Å². The lowest BCUT2D eigenvalue weighted by Gasteiger charge is -2.15. The maximum absolute atomic E-state index is 12.6. The largest absolute Gasteiger partial charge is 0.491 e. The molecule has 1 heterocycles. The van der Waals surface area contributed by atoms with Crippen LogP contribution >= 0.6 is 34.9 Å². The van der Waals surface area contributed by atoms with E-state index in [0.29, 0.717) is 32.4 Å². The van der Waals surface area contributed by atoms with Crippen LogP contribution in [-0.2, 0) is 4.57 Å². The molecule has 0 saturated heterocycles. The van der Waals surface area contributed by atoms with Crippen molar-refractivity contribution >= 4 is 51.2 Å². The summed E-state index contributed by atoms with van der Waals surface area (Å²) in [4.78, 5) is 35.3. The Morgan fingerprint density at radius 2 is 1.93 bits per heavy atom. The van der Waals surface area contributed by atoms with E-state index in [2.05, 4.69) is 26.2 Å². The standard InChI is InChI=1S/C19H18BrN2O6PS/c1-11(2)27-13-7-12(18(23)22-19-21-5-6-30-19)8-14(9-13)28-17-4-3-15(10-16(17)20)29(24,25)26/h3-11H,1-2H3,(H,21,22,23)(H2,24,25,26). The molecule has 11 heteroatoms. The summed E-state index contributed by atoms with van der Waals surface area (Å²) in [5, 5.41) is 4.79. The number of ether oxygens (including phenoxy) is 2. The fourth-order valence-electron chi connectivity index (χ4n) is 2.44. The predicted octanol–water partition coefficient (Wildman–Crippen LogP) is 4.54. The molecule has 1 aromatic heterocycles. The summed E-state index contributed by atoms with van der Waals surface area (Å²) in [6.45, 7) is 3.72. The first-order valence-corrected chi connectivity index (χ1v) is 12.0. The Morgan fingerprint density at radius 1 is 1.20 bits per heavy atom. The minimum atomic E-state index is -4.38. The van der Waals surface area contributed by atoms with Crippen molar-refractivity contribution in [3.63, 3.8) is 0 Å². The normalized spacial score (nSPS) is 11.4. The van der Waals surface area contributed by atoms with Crippen LogP contribution in [0.3, 0.4) is 0 Å². The quantitative estimate of drug-likeness (QED) is 0.397. The minimum absolute atomic E-state index is 0.121. The molecule has 0 aliphatic heterocycles. The molecular formula is C19H18BrN2O6PS. The third-order valence-electron chi connectivity index (χ3n) is 3.65. The Balaban J connectivity index is 1.91. The van der Waals surface area contributed by atoms with Gasteiger partial charge in [-0.2, -0.15) is 0 Å². The van der Waals surface area contributed by atoms with Gasteiger partial charge >= 0.3 is 7.60 Å². The van der Waals surface area contributed by atoms with Gasteiger partial charge in [-0.3, -0.25) is 14.7 Å². The van der Waals surface area contributed by atoms with Crippen LogP contribution in [0, 0.1) is 0 Å². The molecule has 158 valence electrons. The van der Waals surface area contributed by atoms with Crippen molar-refractivity contribution in [1.82, 2.24) is 4.98 Å². The molecule has 0 saturated carbocycles. The van der Waals surface area contributed by atoms with E-state index in [4.69, 9.17) is 9.47 Å². The van der Waals surface area contributed by atoms with E-state index in [9.17, 15) is 19.1 Å². The second kappa shape index (κ2) is 9.28. The molecule has 0 atom stereocenters. The smallest absolute Gasteiger partial charge is 0.356 e. The summed E-state index contributed by atoms with van der Waals surface area (Å²) in [5.74, 6) is 0.705. The molecule has 0 aliphatic rings. The number of carbonyl (C=O) groups excluding carboxylic acids is 1. The van der Waals surface area contributed by atoms with Crippen LogP contribution in [0.2, 0.25) is 0 Å². The Morgan fingerprint density at radius 3 is 2.53 bits per heavy atom. The first-order chi connectivity index (χ1) is 14.1. The van der Waals surface area contributed by atoms with Gasteiger partial charge in [0.25, 0.3) is 5.91 Å². The van der Waals surface area contributed by atoms with Crippen molar-refractivity contribution in [2.24, 2.45) is 0 Å². The molecule has 8 nitrogen and oxygen atoms in total. The highest BCUT2D eigenvalue weighted by Crippen LogP contribution is 2.38. The van der Waals surface area contributed by atoms with Crippen molar-refractivity contribution < 1.29 is 28.6 Å². The van der Waals surface area contributed by atoms with E-state index in [1.807, 2.05) is 13.8 Å². The van der Waals surface area contributed by atoms with Crippen LogP contribution in [0.1, 0.15) is 24.2 Å². The molecule has 0 unspecified atom stereocenters. The third-order valence-corrected chi connectivity index (χ3v) is 5.91. The summed E-state index contributed by atoms with van der Waals surface area (Å²) in [6, 6.07) is 8.78. The van der Waals surface area contributed by atoms with Crippen molar-refractivity contribution in [2.45, 2.75) is 20.0 Å². The molecule has 3 N–H and O–H groups in total. The van der Waals surface area contributed by atoms with Gasteiger partial charge in [0.1, 0.15) is 17.2 Å². The lowest BCUT2D eigenvalue weighted by Crippen LogP contribution is -2.13. The number of hydrogen-bond acceptors (Lipinski definition) is 6. The van der Waals surface area contributed by atoms with Gasteiger partial charge in [0.15, 0.2) is 5.13 Å². The summed E-state index contributed by atoms with van der Waals surface area (Å²) >= 11 is 4.55. The zero-order chi connectivity index (χ0) is 21.9. The monoisotopic (exact) mass is 512 g/mol. The number of carbonyl (C=O) groups is 1. The molecule has 0 fully saturated rings. The van der Waals surface area contributed by atoms with Crippen molar-refractivity contribution in [3.8, 4) is 17.2 Å². The number of hydrogen-bond donors (Lipinski definition) is 3. The van der Waals surface area contributed by atoms with Gasteiger partial charge in [-0.15, -0.1) is 11.3 Å². The summed E-state index contributed by atoms with van der Waals surface area (Å²) < 4.78 is 23.4. The van der Waals surface area contributed by atoms with Crippen LogP contribution in [0.25, 0.3) is 0 Å². The molecule has 3 rings (SSSR count). The Labute approximate surface area is 185 Å². The van der Waals surface area contributed by atoms with E-state index in [1.54, 1.807) is 29.8 Å². The number of benzene rings is 2. The molecule has 0 aliphatic carbocycles. The van der Waals surface area contributed by atoms with E-state index >= 15 is 0 Å². The van der Waals surface area contributed by atoms with Crippen LogP contribution in [0.15, 0.2) is 52.4 Å². The Kier molecular flexibility index (Phi) is 6.95. The van der Waals surface area contributed by atoms with Gasteiger partial charge in [-0.1, -0.05) is 0 Å². The fourth-order valence-corrected chi connectivity index (χ4v) is 4.16. The molecule has 0 bridgehead atoms. The number of halogens is 1. The maximum atomic E-state index is 12.6. The van der Waals surface area contributed by atoms with Gasteiger partial charge in [0, 0.05) is 23.2 Å².